The average molecular weight is 198 g/mol. The van der Waals surface area contributed by atoms with Crippen molar-refractivity contribution in [3.63, 3.8) is 0 Å². The van der Waals surface area contributed by atoms with Crippen molar-refractivity contribution in [1.29, 1.82) is 0 Å². The van der Waals surface area contributed by atoms with E-state index in [0.29, 0.717) is 13.0 Å². The van der Waals surface area contributed by atoms with Crippen molar-refractivity contribution >= 4 is 11.8 Å². The highest BCUT2D eigenvalue weighted by Gasteiger charge is 2.34. The molecule has 0 aliphatic carbocycles. The minimum absolute atomic E-state index is 0.00578. The number of nitrogens with zero attached hydrogens (tertiary/aromatic N) is 2. The summed E-state index contributed by atoms with van der Waals surface area (Å²) in [6.45, 7) is 3.29. The van der Waals surface area contributed by atoms with E-state index in [1.165, 1.54) is 4.90 Å². The van der Waals surface area contributed by atoms with Gasteiger partial charge in [-0.1, -0.05) is 6.92 Å². The normalized spacial score (nSPS) is 22.6. The molecule has 0 radical (unpaired) electrons. The van der Waals surface area contributed by atoms with Crippen LogP contribution >= 0.6 is 0 Å². The number of rotatable bonds is 4. The van der Waals surface area contributed by atoms with E-state index in [2.05, 4.69) is 4.90 Å². The smallest absolute Gasteiger partial charge is 0.232 e. The van der Waals surface area contributed by atoms with E-state index in [0.717, 1.165) is 13.0 Å². The molecule has 4 nitrogen and oxygen atoms in total. The molecule has 1 heterocycles. The van der Waals surface area contributed by atoms with Gasteiger partial charge in [0, 0.05) is 18.9 Å². The second-order valence-electron chi connectivity index (χ2n) is 4.15. The maximum Gasteiger partial charge on any atom is 0.232 e. The average Bonchev–Trinajstić information content (AvgIpc) is 2.31. The maximum absolute atomic E-state index is 11.5. The Kier molecular flexibility index (Phi) is 3.63. The minimum Gasteiger partial charge on any atom is -0.309 e. The summed E-state index contributed by atoms with van der Waals surface area (Å²) in [6.07, 6.45) is 1.25. The summed E-state index contributed by atoms with van der Waals surface area (Å²) in [5, 5.41) is 0. The Balaban J connectivity index is 2.37. The number of likely N-dealkylation sites (tertiary alicyclic amines) is 1. The number of imide groups is 1. The molecule has 0 aromatic heterocycles. The molecule has 0 aromatic rings. The van der Waals surface area contributed by atoms with Crippen LogP contribution < -0.4 is 0 Å². The highest BCUT2D eigenvalue weighted by Crippen LogP contribution is 2.18. The third-order valence-electron chi connectivity index (χ3n) is 2.46. The standard InChI is InChI=1S/C10H18N2O2/c1-8-7-9(13)12(10(8)14)6-4-5-11(2)3/h8H,4-7H2,1-3H3. The van der Waals surface area contributed by atoms with E-state index in [-0.39, 0.29) is 17.7 Å². The lowest BCUT2D eigenvalue weighted by Crippen LogP contribution is -2.32. The summed E-state index contributed by atoms with van der Waals surface area (Å²) in [4.78, 5) is 26.3. The van der Waals surface area contributed by atoms with Crippen LogP contribution in [0.4, 0.5) is 0 Å². The summed E-state index contributed by atoms with van der Waals surface area (Å²) in [5.41, 5.74) is 0. The molecule has 0 N–H and O–H groups in total. The van der Waals surface area contributed by atoms with Crippen LogP contribution in [0.3, 0.4) is 0 Å². The predicted octanol–water partition coefficient (Wildman–Crippen LogP) is 0.333. The summed E-state index contributed by atoms with van der Waals surface area (Å²) in [7, 11) is 3.96. The fraction of sp³-hybridized carbons (Fsp3) is 0.800. The van der Waals surface area contributed by atoms with Crippen LogP contribution in [0.5, 0.6) is 0 Å². The molecule has 0 bridgehead atoms. The topological polar surface area (TPSA) is 40.6 Å². The van der Waals surface area contributed by atoms with Crippen LogP contribution in [0.1, 0.15) is 19.8 Å². The third-order valence-corrected chi connectivity index (χ3v) is 2.46. The molecule has 0 saturated carbocycles. The van der Waals surface area contributed by atoms with Gasteiger partial charge in [-0.2, -0.15) is 0 Å². The molecular weight excluding hydrogens is 180 g/mol. The van der Waals surface area contributed by atoms with Crippen LogP contribution in [-0.2, 0) is 9.59 Å². The van der Waals surface area contributed by atoms with Gasteiger partial charge in [-0.05, 0) is 27.1 Å². The van der Waals surface area contributed by atoms with Crippen molar-refractivity contribution in [1.82, 2.24) is 9.80 Å². The van der Waals surface area contributed by atoms with E-state index >= 15 is 0 Å². The number of hydrogen-bond donors (Lipinski definition) is 0. The first kappa shape index (κ1) is 11.2. The molecule has 0 aromatic carbocycles. The zero-order chi connectivity index (χ0) is 10.7. The van der Waals surface area contributed by atoms with Gasteiger partial charge in [0.15, 0.2) is 0 Å². The van der Waals surface area contributed by atoms with Crippen LogP contribution in [-0.4, -0.2) is 48.8 Å². The fourth-order valence-electron chi connectivity index (χ4n) is 1.63. The first-order chi connectivity index (χ1) is 6.52. The first-order valence-corrected chi connectivity index (χ1v) is 5.01. The number of hydrogen-bond acceptors (Lipinski definition) is 3. The summed E-state index contributed by atoms with van der Waals surface area (Å²) < 4.78 is 0. The van der Waals surface area contributed by atoms with E-state index in [9.17, 15) is 9.59 Å². The molecule has 14 heavy (non-hydrogen) atoms. The Bertz CT molecular complexity index is 238. The van der Waals surface area contributed by atoms with E-state index in [1.807, 2.05) is 21.0 Å². The Morgan fingerprint density at radius 1 is 1.43 bits per heavy atom. The predicted molar refractivity (Wildman–Crippen MR) is 53.7 cm³/mol. The van der Waals surface area contributed by atoms with Gasteiger partial charge in [-0.25, -0.2) is 0 Å². The Morgan fingerprint density at radius 2 is 2.07 bits per heavy atom. The first-order valence-electron chi connectivity index (χ1n) is 5.01. The van der Waals surface area contributed by atoms with E-state index in [4.69, 9.17) is 0 Å². The van der Waals surface area contributed by atoms with Gasteiger partial charge in [-0.15, -0.1) is 0 Å². The van der Waals surface area contributed by atoms with Crippen LogP contribution in [0.2, 0.25) is 0 Å². The molecule has 1 saturated heterocycles. The summed E-state index contributed by atoms with van der Waals surface area (Å²) in [6, 6.07) is 0. The van der Waals surface area contributed by atoms with Crippen molar-refractivity contribution in [2.45, 2.75) is 19.8 Å². The quantitative estimate of drug-likeness (QED) is 0.611. The molecule has 1 atom stereocenters. The SMILES string of the molecule is CC1CC(=O)N(CCCN(C)C)C1=O. The lowest BCUT2D eigenvalue weighted by molar-refractivity contribution is -0.139. The van der Waals surface area contributed by atoms with Gasteiger partial charge in [0.25, 0.3) is 0 Å². The molecule has 1 unspecified atom stereocenters. The van der Waals surface area contributed by atoms with Crippen molar-refractivity contribution in [3.8, 4) is 0 Å². The van der Waals surface area contributed by atoms with Gasteiger partial charge in [0.05, 0.1) is 0 Å². The number of carbonyl (C=O) groups excluding carboxylic acids is 2. The van der Waals surface area contributed by atoms with Crippen LogP contribution in [0, 0.1) is 5.92 Å². The maximum atomic E-state index is 11.5. The molecule has 1 aliphatic heterocycles. The third kappa shape index (κ3) is 2.54. The molecular formula is C10H18N2O2. The lowest BCUT2D eigenvalue weighted by atomic mass is 10.1. The molecule has 1 aliphatic rings. The summed E-state index contributed by atoms with van der Waals surface area (Å²) in [5.74, 6) is -0.128. The second-order valence-corrected chi connectivity index (χ2v) is 4.15. The van der Waals surface area contributed by atoms with E-state index < -0.39 is 0 Å². The monoisotopic (exact) mass is 198 g/mol. The number of carbonyl (C=O) groups is 2. The van der Waals surface area contributed by atoms with Gasteiger partial charge in [-0.3, -0.25) is 14.5 Å². The van der Waals surface area contributed by atoms with Gasteiger partial charge in [0.2, 0.25) is 11.8 Å². The largest absolute Gasteiger partial charge is 0.309 e. The van der Waals surface area contributed by atoms with Crippen molar-refractivity contribution in [3.05, 3.63) is 0 Å². The second kappa shape index (κ2) is 4.55. The van der Waals surface area contributed by atoms with Crippen molar-refractivity contribution in [2.24, 2.45) is 5.92 Å². The van der Waals surface area contributed by atoms with Gasteiger partial charge >= 0.3 is 0 Å². The highest BCUT2D eigenvalue weighted by atomic mass is 16.2. The molecule has 80 valence electrons. The van der Waals surface area contributed by atoms with Crippen LogP contribution in [0.15, 0.2) is 0 Å². The van der Waals surface area contributed by atoms with Gasteiger partial charge < -0.3 is 4.90 Å². The molecule has 4 heteroatoms. The summed E-state index contributed by atoms with van der Waals surface area (Å²) >= 11 is 0. The number of amides is 2. The Hall–Kier alpha value is -0.900. The lowest BCUT2D eigenvalue weighted by Gasteiger charge is -2.15. The zero-order valence-electron chi connectivity index (χ0n) is 9.12. The van der Waals surface area contributed by atoms with Crippen molar-refractivity contribution in [2.75, 3.05) is 27.2 Å². The van der Waals surface area contributed by atoms with E-state index in [1.54, 1.807) is 0 Å². The fourth-order valence-corrected chi connectivity index (χ4v) is 1.63. The minimum atomic E-state index is -0.109. The zero-order valence-corrected chi connectivity index (χ0v) is 9.12. The molecule has 2 amide bonds. The molecule has 1 fully saturated rings. The Labute approximate surface area is 84.9 Å². The van der Waals surface area contributed by atoms with Crippen LogP contribution in [0.25, 0.3) is 0 Å². The van der Waals surface area contributed by atoms with Crippen molar-refractivity contribution < 1.29 is 9.59 Å². The Morgan fingerprint density at radius 3 is 2.50 bits per heavy atom. The molecule has 1 rings (SSSR count). The highest BCUT2D eigenvalue weighted by molar-refractivity contribution is 6.03. The van der Waals surface area contributed by atoms with Gasteiger partial charge in [0.1, 0.15) is 0 Å². The molecule has 0 spiro atoms.